The number of aliphatic hydroxyl groups excluding tert-OH is 4. The maximum absolute atomic E-state index is 13.2. The van der Waals surface area contributed by atoms with Gasteiger partial charge in [0, 0.05) is 31.4 Å². The van der Waals surface area contributed by atoms with Gasteiger partial charge in [0.2, 0.25) is 0 Å². The Kier molecular flexibility index (Phi) is 9.84. The van der Waals surface area contributed by atoms with E-state index in [1.165, 1.54) is 7.11 Å². The fraction of sp³-hybridized carbons (Fsp3) is 0.889. The summed E-state index contributed by atoms with van der Waals surface area (Å²) in [4.78, 5) is 25.1. The topological polar surface area (TPSA) is 211 Å². The minimum Gasteiger partial charge on any atom is -0.458 e. The third-order valence-electron chi connectivity index (χ3n) is 14.2. The molecule has 4 saturated carbocycles. The van der Waals surface area contributed by atoms with Crippen LogP contribution in [-0.2, 0) is 38.0 Å². The van der Waals surface area contributed by atoms with Crippen molar-refractivity contribution in [1.82, 2.24) is 0 Å². The van der Waals surface area contributed by atoms with Gasteiger partial charge in [-0.25, -0.2) is 4.79 Å². The number of esters is 1. The Bertz CT molecular complexity index is 1330. The van der Waals surface area contributed by atoms with Crippen LogP contribution in [0.3, 0.4) is 0 Å². The second kappa shape index (κ2) is 13.4. The first-order valence-electron chi connectivity index (χ1n) is 18.3. The van der Waals surface area contributed by atoms with Gasteiger partial charge in [-0.05, 0) is 81.6 Å². The first-order chi connectivity index (χ1) is 23.7. The Hall–Kier alpha value is -1.56. The first kappa shape index (κ1) is 36.8. The van der Waals surface area contributed by atoms with E-state index in [2.05, 4.69) is 6.92 Å². The van der Waals surface area contributed by atoms with Crippen molar-refractivity contribution < 1.29 is 68.6 Å². The molecular formula is C36H54O14. The van der Waals surface area contributed by atoms with E-state index in [0.29, 0.717) is 44.9 Å². The molecule has 14 nitrogen and oxygen atoms in total. The van der Waals surface area contributed by atoms with Crippen LogP contribution in [0.25, 0.3) is 0 Å². The molecule has 3 heterocycles. The molecule has 8 unspecified atom stereocenters. The summed E-state index contributed by atoms with van der Waals surface area (Å²) in [7, 11) is 1.51. The van der Waals surface area contributed by atoms with Crippen LogP contribution in [0.2, 0.25) is 0 Å². The number of rotatable bonds is 8. The van der Waals surface area contributed by atoms with E-state index in [1.807, 2.05) is 0 Å². The first-order valence-corrected chi connectivity index (χ1v) is 18.3. The molecule has 0 bridgehead atoms. The molecule has 17 atom stereocenters. The summed E-state index contributed by atoms with van der Waals surface area (Å²) in [5.74, 6) is -0.635. The quantitative estimate of drug-likeness (QED) is 0.113. The lowest BCUT2D eigenvalue weighted by molar-refractivity contribution is -0.346. The van der Waals surface area contributed by atoms with Crippen molar-refractivity contribution in [3.8, 4) is 0 Å². The number of aldehydes is 1. The van der Waals surface area contributed by atoms with E-state index in [1.54, 1.807) is 13.0 Å². The molecule has 0 aromatic carbocycles. The monoisotopic (exact) mass is 710 g/mol. The predicted molar refractivity (Wildman–Crippen MR) is 171 cm³/mol. The number of carbonyl (C=O) groups excluding carboxylic acids is 2. The Morgan fingerprint density at radius 3 is 2.40 bits per heavy atom. The summed E-state index contributed by atoms with van der Waals surface area (Å²) in [5, 5.41) is 65.3. The van der Waals surface area contributed by atoms with Crippen LogP contribution < -0.4 is 0 Å². The lowest BCUT2D eigenvalue weighted by atomic mass is 9.41. The molecule has 7 rings (SSSR count). The molecule has 0 amide bonds. The van der Waals surface area contributed by atoms with Gasteiger partial charge in [-0.1, -0.05) is 6.92 Å². The standard InChI is InChI=1S/C36H54O14/c1-18-31(50-32-30(42)29(41)28(40)25(15-37)49-32)24(45-3)13-27(47-18)48-20-4-9-34(17-38)22-5-8-33(2)21(19-12-26(39)46-16-19)7-11-36(33,44)23(22)6-10-35(34,43)14-20/h12,17-18,20-25,27-32,37,40-44H,4-11,13-16H2,1-3H3/t18-,20?,21?,22?,23?,24+,25+,27+,28+,29-,30+,31?,32-,33?,34?,35?,36-/m1/s1. The van der Waals surface area contributed by atoms with Gasteiger partial charge in [0.25, 0.3) is 0 Å². The van der Waals surface area contributed by atoms with Gasteiger partial charge >= 0.3 is 5.97 Å². The Balaban J connectivity index is 1.01. The summed E-state index contributed by atoms with van der Waals surface area (Å²) < 4.78 is 35.2. The number of aliphatic hydroxyl groups is 6. The van der Waals surface area contributed by atoms with Crippen molar-refractivity contribution in [3.63, 3.8) is 0 Å². The number of carbonyl (C=O) groups is 2. The minimum atomic E-state index is -1.58. The highest BCUT2D eigenvalue weighted by Gasteiger charge is 2.71. The van der Waals surface area contributed by atoms with Crippen LogP contribution in [0.5, 0.6) is 0 Å². The summed E-state index contributed by atoms with van der Waals surface area (Å²) in [5.41, 5.74) is -2.86. The maximum atomic E-state index is 13.2. The Morgan fingerprint density at radius 1 is 0.960 bits per heavy atom. The fourth-order valence-corrected chi connectivity index (χ4v) is 11.5. The van der Waals surface area contributed by atoms with Gasteiger partial charge < -0.3 is 63.9 Å². The molecule has 2 saturated heterocycles. The average Bonchev–Trinajstić information content (AvgIpc) is 3.64. The van der Waals surface area contributed by atoms with Crippen LogP contribution in [0, 0.1) is 28.6 Å². The van der Waals surface area contributed by atoms with Gasteiger partial charge in [0.05, 0.1) is 41.5 Å². The van der Waals surface area contributed by atoms with Crippen molar-refractivity contribution in [3.05, 3.63) is 11.6 Å². The second-order valence-corrected chi connectivity index (χ2v) is 16.3. The number of cyclic esters (lactones) is 1. The van der Waals surface area contributed by atoms with E-state index >= 15 is 0 Å². The molecule has 0 aromatic heterocycles. The smallest absolute Gasteiger partial charge is 0.331 e. The molecule has 6 N–H and O–H groups in total. The molecule has 50 heavy (non-hydrogen) atoms. The summed E-state index contributed by atoms with van der Waals surface area (Å²) >= 11 is 0. The van der Waals surface area contributed by atoms with E-state index in [4.69, 9.17) is 28.4 Å². The number of hydrogen-bond donors (Lipinski definition) is 6. The van der Waals surface area contributed by atoms with Crippen molar-refractivity contribution in [2.75, 3.05) is 20.3 Å². The molecule has 7 aliphatic rings. The van der Waals surface area contributed by atoms with Crippen molar-refractivity contribution >= 4 is 12.3 Å². The van der Waals surface area contributed by atoms with Gasteiger partial charge in [-0.2, -0.15) is 0 Å². The summed E-state index contributed by atoms with van der Waals surface area (Å²) in [6.07, 6.45) is -2.52. The zero-order valence-corrected chi connectivity index (χ0v) is 29.1. The van der Waals surface area contributed by atoms with Crippen molar-refractivity contribution in [1.29, 1.82) is 0 Å². The van der Waals surface area contributed by atoms with Crippen molar-refractivity contribution in [2.24, 2.45) is 28.6 Å². The van der Waals surface area contributed by atoms with E-state index in [-0.39, 0.29) is 43.2 Å². The molecule has 0 aromatic rings. The molecule has 6 fully saturated rings. The molecule has 0 spiro atoms. The highest BCUT2D eigenvalue weighted by molar-refractivity contribution is 5.85. The number of fused-ring (bicyclic) bond motifs is 5. The predicted octanol–water partition coefficient (Wildman–Crippen LogP) is 0.258. The normalized spacial score (nSPS) is 53.5. The molecule has 14 heteroatoms. The largest absolute Gasteiger partial charge is 0.458 e. The minimum absolute atomic E-state index is 0.0352. The molecular weight excluding hydrogens is 656 g/mol. The van der Waals surface area contributed by atoms with Gasteiger partial charge in [0.1, 0.15) is 43.4 Å². The lowest BCUT2D eigenvalue weighted by Crippen LogP contribution is -2.69. The third-order valence-corrected chi connectivity index (χ3v) is 14.2. The lowest BCUT2D eigenvalue weighted by Gasteiger charge is -2.65. The van der Waals surface area contributed by atoms with Crippen LogP contribution in [0.15, 0.2) is 11.6 Å². The molecule has 4 aliphatic carbocycles. The summed E-state index contributed by atoms with van der Waals surface area (Å²) in [6.45, 7) is 3.57. The third kappa shape index (κ3) is 5.55. The van der Waals surface area contributed by atoms with Crippen LogP contribution >= 0.6 is 0 Å². The molecule has 282 valence electrons. The van der Waals surface area contributed by atoms with Gasteiger partial charge in [0.15, 0.2) is 12.6 Å². The summed E-state index contributed by atoms with van der Waals surface area (Å²) in [6, 6.07) is 0. The second-order valence-electron chi connectivity index (χ2n) is 16.3. The van der Waals surface area contributed by atoms with E-state index in [0.717, 1.165) is 18.3 Å². The SMILES string of the molecule is CO[C@H]1C[C@H](OC2CCC3(C=O)C4CCC5(C)C(C6=CC(=O)OC6)CC[C@@]5(O)C4CCC3(O)C2)O[C@H](C)C1O[C@H]1O[C@@H](CO)[C@H](O)[C@@H](O)[C@@H]1O. The zero-order valence-electron chi connectivity index (χ0n) is 29.1. The van der Waals surface area contributed by atoms with Gasteiger partial charge in [-0.3, -0.25) is 0 Å². The average molecular weight is 711 g/mol. The molecule has 3 aliphatic heterocycles. The highest BCUT2D eigenvalue weighted by atomic mass is 16.7. The molecule has 0 radical (unpaired) electrons. The van der Waals surface area contributed by atoms with Gasteiger partial charge in [-0.15, -0.1) is 0 Å². The van der Waals surface area contributed by atoms with Crippen LogP contribution in [0.4, 0.5) is 0 Å². The number of hydrogen-bond acceptors (Lipinski definition) is 14. The number of methoxy groups -OCH3 is 1. The highest BCUT2D eigenvalue weighted by Crippen LogP contribution is 2.70. The van der Waals surface area contributed by atoms with E-state index in [9.17, 15) is 40.2 Å². The van der Waals surface area contributed by atoms with Crippen molar-refractivity contribution in [2.45, 2.75) is 151 Å². The van der Waals surface area contributed by atoms with Crippen LogP contribution in [-0.4, -0.2) is 136 Å². The maximum Gasteiger partial charge on any atom is 0.331 e. The van der Waals surface area contributed by atoms with Crippen LogP contribution in [0.1, 0.15) is 78.1 Å². The number of ether oxygens (including phenoxy) is 6. The Morgan fingerprint density at radius 2 is 1.72 bits per heavy atom. The fourth-order valence-electron chi connectivity index (χ4n) is 11.5. The van der Waals surface area contributed by atoms with E-state index < -0.39 is 90.1 Å². The zero-order chi connectivity index (χ0) is 35.8. The Labute approximate surface area is 292 Å².